The highest BCUT2D eigenvalue weighted by atomic mass is 32.2. The first-order chi connectivity index (χ1) is 11.7. The zero-order valence-corrected chi connectivity index (χ0v) is 13.9. The number of aromatic amines is 1. The third kappa shape index (κ3) is 3.62. The van der Waals surface area contributed by atoms with E-state index in [9.17, 15) is 4.79 Å². The Morgan fingerprint density at radius 1 is 1.46 bits per heavy atom. The molecule has 3 heterocycles. The monoisotopic (exact) mass is 343 g/mol. The lowest BCUT2D eigenvalue weighted by atomic mass is 10.2. The molecule has 24 heavy (non-hydrogen) atoms. The van der Waals surface area contributed by atoms with E-state index in [2.05, 4.69) is 30.2 Å². The summed E-state index contributed by atoms with van der Waals surface area (Å²) < 4.78 is 0. The highest BCUT2D eigenvalue weighted by molar-refractivity contribution is 7.99. The summed E-state index contributed by atoms with van der Waals surface area (Å²) in [5.74, 6) is 0.918. The summed E-state index contributed by atoms with van der Waals surface area (Å²) in [4.78, 5) is 31.6. The van der Waals surface area contributed by atoms with Crippen molar-refractivity contribution in [3.05, 3.63) is 36.4 Å². The van der Waals surface area contributed by atoms with Crippen molar-refractivity contribution in [1.82, 2.24) is 30.2 Å². The summed E-state index contributed by atoms with van der Waals surface area (Å²) in [5, 5.41) is 3.70. The minimum absolute atomic E-state index is 0.0133. The van der Waals surface area contributed by atoms with Crippen molar-refractivity contribution in [3.8, 4) is 0 Å². The number of hydrogen-bond donors (Lipinski definition) is 3. The van der Waals surface area contributed by atoms with Gasteiger partial charge in [0.15, 0.2) is 16.6 Å². The molecule has 1 amide bonds. The summed E-state index contributed by atoms with van der Waals surface area (Å²) in [6.45, 7) is 2.02. The van der Waals surface area contributed by atoms with Crippen LogP contribution >= 0.6 is 11.8 Å². The molecule has 124 valence electrons. The Morgan fingerprint density at radius 3 is 3.04 bits per heavy atom. The Hall–Kier alpha value is -2.68. The Labute approximate surface area is 142 Å². The second-order valence-electron chi connectivity index (χ2n) is 5.13. The molecule has 0 aliphatic carbocycles. The number of H-pyrrole nitrogens is 1. The van der Waals surface area contributed by atoms with Crippen molar-refractivity contribution in [2.24, 2.45) is 0 Å². The van der Waals surface area contributed by atoms with Crippen LogP contribution < -0.4 is 11.1 Å². The van der Waals surface area contributed by atoms with Crippen molar-refractivity contribution >= 4 is 34.7 Å². The minimum atomic E-state index is -0.129. The Balaban J connectivity index is 1.63. The van der Waals surface area contributed by atoms with Crippen molar-refractivity contribution < 1.29 is 4.79 Å². The summed E-state index contributed by atoms with van der Waals surface area (Å²) in [6.07, 6.45) is 5.38. The topological polar surface area (TPSA) is 122 Å². The minimum Gasteiger partial charge on any atom is -0.382 e. The first kappa shape index (κ1) is 16.2. The van der Waals surface area contributed by atoms with Gasteiger partial charge >= 0.3 is 0 Å². The third-order valence-corrected chi connectivity index (χ3v) is 4.50. The fourth-order valence-electron chi connectivity index (χ4n) is 2.10. The van der Waals surface area contributed by atoms with Gasteiger partial charge in [0.25, 0.3) is 5.91 Å². The van der Waals surface area contributed by atoms with Gasteiger partial charge in [0.05, 0.1) is 5.56 Å². The Kier molecular flexibility index (Phi) is 4.90. The molecular formula is C15H17N7OS. The maximum absolute atomic E-state index is 12.2. The second-order valence-corrected chi connectivity index (χ2v) is 6.14. The van der Waals surface area contributed by atoms with Crippen LogP contribution in [0.1, 0.15) is 23.7 Å². The quantitative estimate of drug-likeness (QED) is 0.581. The average Bonchev–Trinajstić information content (AvgIpc) is 3.03. The number of nitrogens with two attached hydrogens (primary N) is 1. The van der Waals surface area contributed by atoms with E-state index in [0.29, 0.717) is 33.5 Å². The lowest BCUT2D eigenvalue weighted by Crippen LogP contribution is -2.36. The average molecular weight is 343 g/mol. The smallest absolute Gasteiger partial charge is 0.253 e. The van der Waals surface area contributed by atoms with Crippen LogP contribution in [-0.2, 0) is 0 Å². The summed E-state index contributed by atoms with van der Waals surface area (Å²) >= 11 is 1.50. The van der Waals surface area contributed by atoms with Crippen LogP contribution in [0.15, 0.2) is 36.0 Å². The van der Waals surface area contributed by atoms with Gasteiger partial charge < -0.3 is 16.0 Å². The normalized spacial score (nSPS) is 12.2. The van der Waals surface area contributed by atoms with Crippen LogP contribution in [0.25, 0.3) is 11.2 Å². The van der Waals surface area contributed by atoms with E-state index in [1.165, 1.54) is 18.1 Å². The lowest BCUT2D eigenvalue weighted by molar-refractivity contribution is 0.0939. The van der Waals surface area contributed by atoms with Crippen molar-refractivity contribution in [2.45, 2.75) is 24.5 Å². The SMILES string of the molecule is CCC(CSc1nc2ncnc(N)c2[nH]1)NC(=O)c1cccnc1. The molecule has 8 nitrogen and oxygen atoms in total. The number of anilines is 1. The van der Waals surface area contributed by atoms with E-state index in [4.69, 9.17) is 5.73 Å². The van der Waals surface area contributed by atoms with Crippen LogP contribution in [0.4, 0.5) is 5.82 Å². The number of rotatable bonds is 6. The molecule has 0 aliphatic heterocycles. The van der Waals surface area contributed by atoms with Crippen LogP contribution in [0.2, 0.25) is 0 Å². The number of thioether (sulfide) groups is 1. The molecule has 0 aromatic carbocycles. The highest BCUT2D eigenvalue weighted by Gasteiger charge is 2.14. The number of imidazole rings is 1. The molecule has 1 unspecified atom stereocenters. The maximum Gasteiger partial charge on any atom is 0.253 e. The van der Waals surface area contributed by atoms with Crippen LogP contribution in [0.5, 0.6) is 0 Å². The largest absolute Gasteiger partial charge is 0.382 e. The number of nitrogens with zero attached hydrogens (tertiary/aromatic N) is 4. The predicted octanol–water partition coefficient (Wildman–Crippen LogP) is 1.63. The lowest BCUT2D eigenvalue weighted by Gasteiger charge is -2.15. The second kappa shape index (κ2) is 7.26. The van der Waals surface area contributed by atoms with Gasteiger partial charge in [-0.05, 0) is 18.6 Å². The highest BCUT2D eigenvalue weighted by Crippen LogP contribution is 2.21. The fourth-order valence-corrected chi connectivity index (χ4v) is 3.10. The van der Waals surface area contributed by atoms with Crippen LogP contribution in [0, 0.1) is 0 Å². The fraction of sp³-hybridized carbons (Fsp3) is 0.267. The van der Waals surface area contributed by atoms with Gasteiger partial charge in [-0.15, -0.1) is 0 Å². The number of carbonyl (C=O) groups excluding carboxylic acids is 1. The molecule has 3 aromatic rings. The summed E-state index contributed by atoms with van der Waals surface area (Å²) in [7, 11) is 0. The molecule has 0 saturated carbocycles. The number of nitrogen functional groups attached to an aromatic ring is 1. The van der Waals surface area contributed by atoms with Gasteiger partial charge in [-0.2, -0.15) is 0 Å². The van der Waals surface area contributed by atoms with E-state index in [1.807, 2.05) is 6.92 Å². The molecule has 3 rings (SSSR count). The summed E-state index contributed by atoms with van der Waals surface area (Å²) in [5.41, 5.74) is 7.51. The molecule has 0 spiro atoms. The maximum atomic E-state index is 12.2. The number of fused-ring (bicyclic) bond motifs is 1. The number of aromatic nitrogens is 5. The molecule has 0 radical (unpaired) electrons. The predicted molar refractivity (Wildman–Crippen MR) is 92.6 cm³/mol. The first-order valence-electron chi connectivity index (χ1n) is 7.47. The van der Waals surface area contributed by atoms with Gasteiger partial charge in [0, 0.05) is 24.2 Å². The molecule has 9 heteroatoms. The molecule has 4 N–H and O–H groups in total. The van der Waals surface area contributed by atoms with Crippen molar-refractivity contribution in [1.29, 1.82) is 0 Å². The molecule has 0 saturated heterocycles. The molecule has 0 fully saturated rings. The van der Waals surface area contributed by atoms with Crippen LogP contribution in [0.3, 0.4) is 0 Å². The van der Waals surface area contributed by atoms with Gasteiger partial charge in [-0.1, -0.05) is 18.7 Å². The number of nitrogens with one attached hydrogen (secondary N) is 2. The number of pyridine rings is 1. The number of amides is 1. The van der Waals surface area contributed by atoms with Crippen molar-refractivity contribution in [2.75, 3.05) is 11.5 Å². The van der Waals surface area contributed by atoms with Gasteiger partial charge in [-0.3, -0.25) is 9.78 Å². The number of carbonyl (C=O) groups is 1. The molecule has 0 aliphatic rings. The van der Waals surface area contributed by atoms with Gasteiger partial charge in [0.2, 0.25) is 0 Å². The van der Waals surface area contributed by atoms with Gasteiger partial charge in [-0.25, -0.2) is 15.0 Å². The van der Waals surface area contributed by atoms with Gasteiger partial charge in [0.1, 0.15) is 11.8 Å². The van der Waals surface area contributed by atoms with Crippen LogP contribution in [-0.4, -0.2) is 42.6 Å². The number of hydrogen-bond acceptors (Lipinski definition) is 7. The van der Waals surface area contributed by atoms with E-state index in [1.54, 1.807) is 24.5 Å². The molecule has 3 aromatic heterocycles. The van der Waals surface area contributed by atoms with Crippen molar-refractivity contribution in [3.63, 3.8) is 0 Å². The molecule has 1 atom stereocenters. The molecule has 0 bridgehead atoms. The Morgan fingerprint density at radius 2 is 2.33 bits per heavy atom. The molecular weight excluding hydrogens is 326 g/mol. The summed E-state index contributed by atoms with van der Waals surface area (Å²) in [6, 6.07) is 3.49. The third-order valence-electron chi connectivity index (χ3n) is 3.47. The van der Waals surface area contributed by atoms with E-state index >= 15 is 0 Å². The van der Waals surface area contributed by atoms with E-state index < -0.39 is 0 Å². The Bertz CT molecular complexity index is 836. The van der Waals surface area contributed by atoms with E-state index in [0.717, 1.165) is 6.42 Å². The van der Waals surface area contributed by atoms with E-state index in [-0.39, 0.29) is 11.9 Å². The zero-order valence-electron chi connectivity index (χ0n) is 13.1. The standard InChI is InChI=1S/C15H17N7OS/c1-2-10(20-14(23)9-4-3-5-17-6-9)7-24-15-21-11-12(16)18-8-19-13(11)22-15/h3-6,8,10H,2,7H2,1H3,(H,20,23)(H3,16,18,19,21,22). The first-order valence-corrected chi connectivity index (χ1v) is 8.45. The zero-order chi connectivity index (χ0) is 16.9.